The molecule has 6 rings (SSSR count). The van der Waals surface area contributed by atoms with Crippen molar-refractivity contribution < 1.29 is 19.4 Å². The summed E-state index contributed by atoms with van der Waals surface area (Å²) < 4.78 is 5.95. The number of hydrogen-bond acceptors (Lipinski definition) is 3. The van der Waals surface area contributed by atoms with E-state index in [1.54, 1.807) is 0 Å². The predicted octanol–water partition coefficient (Wildman–Crippen LogP) is 1.85. The number of ether oxygens (including phenoxy) is 1. The first kappa shape index (κ1) is 14.7. The summed E-state index contributed by atoms with van der Waals surface area (Å²) in [5.41, 5.74) is 0.981. The molecule has 6 atom stereocenters. The lowest BCUT2D eigenvalue weighted by Crippen LogP contribution is -2.50. The third kappa shape index (κ3) is 1.59. The Labute approximate surface area is 141 Å². The van der Waals surface area contributed by atoms with Crippen molar-refractivity contribution in [1.29, 1.82) is 0 Å². The molecule has 3 heterocycles. The summed E-state index contributed by atoms with van der Waals surface area (Å²) in [6.07, 6.45) is 7.95. The number of aliphatic carboxylic acids is 1. The van der Waals surface area contributed by atoms with Crippen LogP contribution in [0.4, 0.5) is 0 Å². The lowest BCUT2D eigenvalue weighted by atomic mass is 9.49. The maximum atomic E-state index is 13.0. The Kier molecular flexibility index (Phi) is 2.64. The van der Waals surface area contributed by atoms with E-state index in [0.717, 1.165) is 12.3 Å². The van der Waals surface area contributed by atoms with Gasteiger partial charge in [-0.3, -0.25) is 9.59 Å². The van der Waals surface area contributed by atoms with E-state index in [0.29, 0.717) is 24.4 Å². The van der Waals surface area contributed by atoms with Crippen molar-refractivity contribution in [1.82, 2.24) is 4.90 Å². The molecule has 3 aliphatic carbocycles. The first-order valence-electron chi connectivity index (χ1n) is 8.91. The molecule has 1 saturated carbocycles. The number of rotatable bonds is 3. The van der Waals surface area contributed by atoms with Crippen LogP contribution in [-0.4, -0.2) is 46.7 Å². The molecule has 0 aromatic rings. The number of carbonyl (C=O) groups excluding carboxylic acids is 1. The third-order valence-electron chi connectivity index (χ3n) is 7.42. The number of allylic oxidation sites excluding steroid dienone is 1. The summed E-state index contributed by atoms with van der Waals surface area (Å²) in [7, 11) is 0. The van der Waals surface area contributed by atoms with Crippen molar-refractivity contribution in [2.45, 2.75) is 38.4 Å². The van der Waals surface area contributed by atoms with Gasteiger partial charge < -0.3 is 14.7 Å². The number of nitrogens with zero attached hydrogens (tertiary/aromatic N) is 1. The molecule has 128 valence electrons. The maximum Gasteiger partial charge on any atom is 0.310 e. The number of fused-ring (bicyclic) bond motifs is 2. The van der Waals surface area contributed by atoms with E-state index < -0.39 is 29.5 Å². The van der Waals surface area contributed by atoms with E-state index in [1.165, 1.54) is 12.0 Å². The third-order valence-corrected chi connectivity index (χ3v) is 7.42. The minimum Gasteiger partial charge on any atom is -0.481 e. The van der Waals surface area contributed by atoms with Crippen LogP contribution in [0.25, 0.3) is 0 Å². The lowest BCUT2D eigenvalue weighted by molar-refractivity contribution is -0.148. The SMILES string of the molecule is CC1(C)[C@@H]2CC=C(CN3C[C@@]45C=C[C@@H](O4)[C@H](C(=O)O)[C@@H]5C3=O)[C@H]1C2. The number of carboxylic acids is 1. The molecule has 3 fully saturated rings. The highest BCUT2D eigenvalue weighted by molar-refractivity contribution is 5.90. The minimum atomic E-state index is -0.925. The Morgan fingerprint density at radius 3 is 2.92 bits per heavy atom. The molecule has 1 spiro atoms. The molecule has 5 heteroatoms. The Morgan fingerprint density at radius 2 is 2.25 bits per heavy atom. The lowest BCUT2D eigenvalue weighted by Gasteiger charge is -2.56. The minimum absolute atomic E-state index is 0.0468. The molecule has 0 radical (unpaired) electrons. The zero-order chi connectivity index (χ0) is 16.9. The van der Waals surface area contributed by atoms with Gasteiger partial charge in [0, 0.05) is 6.54 Å². The highest BCUT2D eigenvalue weighted by Crippen LogP contribution is 2.60. The van der Waals surface area contributed by atoms with Crippen molar-refractivity contribution in [2.24, 2.45) is 29.1 Å². The summed E-state index contributed by atoms with van der Waals surface area (Å²) in [5.74, 6) is -0.934. The van der Waals surface area contributed by atoms with Crippen molar-refractivity contribution in [3.05, 3.63) is 23.8 Å². The van der Waals surface area contributed by atoms with Gasteiger partial charge in [-0.2, -0.15) is 0 Å². The van der Waals surface area contributed by atoms with E-state index in [2.05, 4.69) is 19.9 Å². The van der Waals surface area contributed by atoms with E-state index >= 15 is 0 Å². The topological polar surface area (TPSA) is 66.8 Å². The van der Waals surface area contributed by atoms with E-state index in [1.807, 2.05) is 17.1 Å². The zero-order valence-corrected chi connectivity index (χ0v) is 14.1. The molecular formula is C19H23NO4. The van der Waals surface area contributed by atoms with Gasteiger partial charge in [-0.1, -0.05) is 37.6 Å². The molecule has 5 nitrogen and oxygen atoms in total. The van der Waals surface area contributed by atoms with Crippen LogP contribution in [0.2, 0.25) is 0 Å². The largest absolute Gasteiger partial charge is 0.481 e. The Morgan fingerprint density at radius 1 is 1.46 bits per heavy atom. The van der Waals surface area contributed by atoms with Crippen LogP contribution in [0.15, 0.2) is 23.8 Å². The molecule has 24 heavy (non-hydrogen) atoms. The standard InChI is InChI=1S/C19H23NO4/c1-18(2)11-4-3-10(12(18)7-11)8-20-9-19-6-5-13(24-19)14(17(22)23)15(19)16(20)21/h3,5-6,11-15H,4,7-9H2,1-2H3,(H,22,23)/t11-,12-,13-,14+,15-,19-/m1/s1. The molecule has 3 aliphatic heterocycles. The van der Waals surface area contributed by atoms with Gasteiger partial charge in [-0.05, 0) is 30.1 Å². The van der Waals surface area contributed by atoms with Crippen LogP contribution in [0.5, 0.6) is 0 Å². The average Bonchev–Trinajstić information content (AvgIpc) is 3.16. The Hall–Kier alpha value is -1.62. The summed E-state index contributed by atoms with van der Waals surface area (Å²) in [6.45, 7) is 5.77. The maximum absolute atomic E-state index is 13.0. The van der Waals surface area contributed by atoms with Crippen LogP contribution in [-0.2, 0) is 14.3 Å². The van der Waals surface area contributed by atoms with Gasteiger partial charge in [0.1, 0.15) is 11.5 Å². The van der Waals surface area contributed by atoms with Crippen molar-refractivity contribution in [3.8, 4) is 0 Å². The summed E-state index contributed by atoms with van der Waals surface area (Å²) >= 11 is 0. The summed E-state index contributed by atoms with van der Waals surface area (Å²) in [5, 5.41) is 9.53. The van der Waals surface area contributed by atoms with Crippen LogP contribution >= 0.6 is 0 Å². The van der Waals surface area contributed by atoms with Gasteiger partial charge in [0.25, 0.3) is 0 Å². The zero-order valence-electron chi connectivity index (χ0n) is 14.1. The quantitative estimate of drug-likeness (QED) is 0.803. The molecule has 1 amide bonds. The van der Waals surface area contributed by atoms with Gasteiger partial charge in [-0.25, -0.2) is 0 Å². The highest BCUT2D eigenvalue weighted by Gasteiger charge is 2.67. The summed E-state index contributed by atoms with van der Waals surface area (Å²) in [4.78, 5) is 26.4. The molecule has 6 aliphatic rings. The first-order chi connectivity index (χ1) is 11.3. The molecule has 0 unspecified atom stereocenters. The molecule has 0 aromatic carbocycles. The van der Waals surface area contributed by atoms with Crippen LogP contribution < -0.4 is 0 Å². The number of hydrogen-bond donors (Lipinski definition) is 1. The number of carbonyl (C=O) groups is 2. The monoisotopic (exact) mass is 329 g/mol. The molecule has 1 N–H and O–H groups in total. The predicted molar refractivity (Wildman–Crippen MR) is 86.0 cm³/mol. The average molecular weight is 329 g/mol. The number of amides is 1. The van der Waals surface area contributed by atoms with Gasteiger partial charge >= 0.3 is 5.97 Å². The molecule has 0 aromatic heterocycles. The van der Waals surface area contributed by atoms with Crippen LogP contribution in [0.1, 0.15) is 26.7 Å². The second kappa shape index (κ2) is 4.31. The molecular weight excluding hydrogens is 306 g/mol. The number of carboxylic acid groups (broad SMARTS) is 1. The molecule has 2 saturated heterocycles. The second-order valence-corrected chi connectivity index (χ2v) is 8.75. The summed E-state index contributed by atoms with van der Waals surface area (Å²) in [6, 6.07) is 0. The Balaban J connectivity index is 1.40. The normalized spacial score (nSPS) is 46.8. The van der Waals surface area contributed by atoms with Crippen LogP contribution in [0.3, 0.4) is 0 Å². The van der Waals surface area contributed by atoms with Gasteiger partial charge in [0.05, 0.1) is 18.6 Å². The van der Waals surface area contributed by atoms with Gasteiger partial charge in [0.2, 0.25) is 5.91 Å². The molecule has 4 bridgehead atoms. The fraction of sp³-hybridized carbons (Fsp3) is 0.684. The fourth-order valence-corrected chi connectivity index (χ4v) is 5.87. The van der Waals surface area contributed by atoms with Crippen LogP contribution in [0, 0.1) is 29.1 Å². The van der Waals surface area contributed by atoms with E-state index in [-0.39, 0.29) is 5.91 Å². The fourth-order valence-electron chi connectivity index (χ4n) is 5.87. The van der Waals surface area contributed by atoms with E-state index in [4.69, 9.17) is 4.74 Å². The van der Waals surface area contributed by atoms with Crippen molar-refractivity contribution in [3.63, 3.8) is 0 Å². The number of likely N-dealkylation sites (tertiary alicyclic amines) is 1. The Bertz CT molecular complexity index is 708. The van der Waals surface area contributed by atoms with E-state index in [9.17, 15) is 14.7 Å². The highest BCUT2D eigenvalue weighted by atomic mass is 16.5. The van der Waals surface area contributed by atoms with Gasteiger partial charge in [0.15, 0.2) is 0 Å². The smallest absolute Gasteiger partial charge is 0.310 e. The second-order valence-electron chi connectivity index (χ2n) is 8.75. The first-order valence-corrected chi connectivity index (χ1v) is 8.91. The van der Waals surface area contributed by atoms with Crippen molar-refractivity contribution >= 4 is 11.9 Å². The van der Waals surface area contributed by atoms with Crippen molar-refractivity contribution in [2.75, 3.05) is 13.1 Å². The van der Waals surface area contributed by atoms with Gasteiger partial charge in [-0.15, -0.1) is 0 Å².